The highest BCUT2D eigenvalue weighted by Crippen LogP contribution is 2.44. The molecule has 1 saturated carbocycles. The Hall–Kier alpha value is -1.71. The summed E-state index contributed by atoms with van der Waals surface area (Å²) in [7, 11) is 0. The first-order valence-electron chi connectivity index (χ1n) is 8.02. The van der Waals surface area contributed by atoms with Crippen LogP contribution in [0.25, 0.3) is 0 Å². The predicted molar refractivity (Wildman–Crippen MR) is 82.6 cm³/mol. The fourth-order valence-corrected chi connectivity index (χ4v) is 3.80. The lowest BCUT2D eigenvalue weighted by Gasteiger charge is -2.41. The number of rotatable bonds is 3. The zero-order valence-electron chi connectivity index (χ0n) is 13.6. The average Bonchev–Trinajstić information content (AvgIpc) is 2.91. The second-order valence-corrected chi connectivity index (χ2v) is 7.13. The summed E-state index contributed by atoms with van der Waals surface area (Å²) in [6, 6.07) is 5.65. The maximum absolute atomic E-state index is 12.6. The smallest absolute Gasteiger partial charge is 0.310 e. The number of hydrogen-bond acceptors (Lipinski definition) is 4. The largest absolute Gasteiger partial charge is 0.461 e. The van der Waals surface area contributed by atoms with Crippen LogP contribution in [0.2, 0.25) is 0 Å². The van der Waals surface area contributed by atoms with E-state index >= 15 is 0 Å². The van der Waals surface area contributed by atoms with Crippen molar-refractivity contribution in [1.29, 1.82) is 0 Å². The van der Waals surface area contributed by atoms with Gasteiger partial charge in [0.15, 0.2) is 11.5 Å². The van der Waals surface area contributed by atoms with Crippen LogP contribution in [0.4, 0.5) is 0 Å². The minimum Gasteiger partial charge on any atom is -0.461 e. The lowest BCUT2D eigenvalue weighted by atomic mass is 9.64. The summed E-state index contributed by atoms with van der Waals surface area (Å²) >= 11 is 0. The highest BCUT2D eigenvalue weighted by Gasteiger charge is 2.42. The SMILES string of the molecule is CC1CCCC(C)(C)C1C(=O)OCc1ccc2c(c1)OCO2. The van der Waals surface area contributed by atoms with Crippen molar-refractivity contribution in [2.24, 2.45) is 17.3 Å². The fourth-order valence-electron chi connectivity index (χ4n) is 3.80. The minimum atomic E-state index is -0.0742. The molecule has 2 unspecified atom stereocenters. The highest BCUT2D eigenvalue weighted by molar-refractivity contribution is 5.74. The number of fused-ring (bicyclic) bond motifs is 1. The van der Waals surface area contributed by atoms with Crippen molar-refractivity contribution in [2.75, 3.05) is 6.79 Å². The molecule has 0 spiro atoms. The van der Waals surface area contributed by atoms with Crippen LogP contribution >= 0.6 is 0 Å². The van der Waals surface area contributed by atoms with E-state index in [1.165, 1.54) is 6.42 Å². The summed E-state index contributed by atoms with van der Waals surface area (Å²) in [5, 5.41) is 0. The van der Waals surface area contributed by atoms with E-state index in [9.17, 15) is 4.79 Å². The van der Waals surface area contributed by atoms with Crippen molar-refractivity contribution >= 4 is 5.97 Å². The molecule has 0 N–H and O–H groups in total. The summed E-state index contributed by atoms with van der Waals surface area (Å²) in [5.74, 6) is 1.76. The Balaban J connectivity index is 1.64. The molecular formula is C18H24O4. The summed E-state index contributed by atoms with van der Waals surface area (Å²) < 4.78 is 16.2. The Bertz CT molecular complexity index is 564. The standard InChI is InChI=1S/C18H24O4/c1-12-5-4-8-18(2,3)16(12)17(19)20-10-13-6-7-14-15(9-13)22-11-21-14/h6-7,9,12,16H,4-5,8,10-11H2,1-3H3. The first-order chi connectivity index (χ1) is 10.5. The molecule has 1 fully saturated rings. The number of carbonyl (C=O) groups is 1. The molecular weight excluding hydrogens is 280 g/mol. The zero-order chi connectivity index (χ0) is 15.7. The second kappa shape index (κ2) is 5.82. The molecule has 1 aromatic rings. The molecule has 1 aliphatic carbocycles. The zero-order valence-corrected chi connectivity index (χ0v) is 13.6. The van der Waals surface area contributed by atoms with E-state index in [1.807, 2.05) is 18.2 Å². The van der Waals surface area contributed by atoms with Gasteiger partial charge in [0.2, 0.25) is 6.79 Å². The third-order valence-electron chi connectivity index (χ3n) is 4.96. The third-order valence-corrected chi connectivity index (χ3v) is 4.96. The third kappa shape index (κ3) is 2.92. The van der Waals surface area contributed by atoms with Crippen molar-refractivity contribution in [2.45, 2.75) is 46.6 Å². The molecule has 0 amide bonds. The summed E-state index contributed by atoms with van der Waals surface area (Å²) in [4.78, 5) is 12.6. The molecule has 1 aromatic carbocycles. The molecule has 4 heteroatoms. The van der Waals surface area contributed by atoms with Crippen LogP contribution in [0.1, 0.15) is 45.6 Å². The maximum Gasteiger partial charge on any atom is 0.310 e. The molecule has 2 atom stereocenters. The van der Waals surface area contributed by atoms with Crippen LogP contribution in [-0.4, -0.2) is 12.8 Å². The van der Waals surface area contributed by atoms with Crippen LogP contribution in [0.15, 0.2) is 18.2 Å². The van der Waals surface area contributed by atoms with E-state index in [-0.39, 0.29) is 30.7 Å². The topological polar surface area (TPSA) is 44.8 Å². The lowest BCUT2D eigenvalue weighted by Crippen LogP contribution is -2.40. The van der Waals surface area contributed by atoms with Gasteiger partial charge in [-0.25, -0.2) is 0 Å². The minimum absolute atomic E-state index is 0.0175. The van der Waals surface area contributed by atoms with Crippen LogP contribution in [0.5, 0.6) is 11.5 Å². The number of hydrogen-bond donors (Lipinski definition) is 0. The van der Waals surface area contributed by atoms with Gasteiger partial charge in [-0.1, -0.05) is 33.3 Å². The van der Waals surface area contributed by atoms with Gasteiger partial charge < -0.3 is 14.2 Å². The van der Waals surface area contributed by atoms with Gasteiger partial charge in [-0.3, -0.25) is 4.79 Å². The predicted octanol–water partition coefficient (Wildman–Crippen LogP) is 3.92. The van der Waals surface area contributed by atoms with Gasteiger partial charge in [0.25, 0.3) is 0 Å². The molecule has 22 heavy (non-hydrogen) atoms. The van der Waals surface area contributed by atoms with E-state index in [2.05, 4.69) is 20.8 Å². The van der Waals surface area contributed by atoms with E-state index in [4.69, 9.17) is 14.2 Å². The average molecular weight is 304 g/mol. The van der Waals surface area contributed by atoms with Gasteiger partial charge >= 0.3 is 5.97 Å². The lowest BCUT2D eigenvalue weighted by molar-refractivity contribution is -0.159. The van der Waals surface area contributed by atoms with Crippen molar-refractivity contribution in [3.8, 4) is 11.5 Å². The Morgan fingerprint density at radius 1 is 1.32 bits per heavy atom. The van der Waals surface area contributed by atoms with Gasteiger partial charge in [-0.2, -0.15) is 0 Å². The fraction of sp³-hybridized carbons (Fsp3) is 0.611. The van der Waals surface area contributed by atoms with Crippen molar-refractivity contribution in [3.63, 3.8) is 0 Å². The van der Waals surface area contributed by atoms with E-state index in [0.717, 1.165) is 29.9 Å². The van der Waals surface area contributed by atoms with Gasteiger partial charge in [-0.05, 0) is 41.9 Å². The normalized spacial score (nSPS) is 25.8. The quantitative estimate of drug-likeness (QED) is 0.794. The number of carbonyl (C=O) groups excluding carboxylic acids is 1. The van der Waals surface area contributed by atoms with Gasteiger partial charge in [0, 0.05) is 0 Å². The molecule has 1 aliphatic heterocycles. The van der Waals surface area contributed by atoms with Crippen LogP contribution in [0, 0.1) is 17.3 Å². The van der Waals surface area contributed by atoms with E-state index < -0.39 is 0 Å². The molecule has 1 heterocycles. The first kappa shape index (κ1) is 15.2. The Labute approximate surface area is 131 Å². The van der Waals surface area contributed by atoms with Crippen LogP contribution in [-0.2, 0) is 16.1 Å². The molecule has 0 saturated heterocycles. The summed E-state index contributed by atoms with van der Waals surface area (Å²) in [6.45, 7) is 7.05. The Kier molecular flexibility index (Phi) is 4.02. The number of ether oxygens (including phenoxy) is 3. The van der Waals surface area contributed by atoms with Crippen molar-refractivity contribution in [1.82, 2.24) is 0 Å². The van der Waals surface area contributed by atoms with Crippen LogP contribution < -0.4 is 9.47 Å². The van der Waals surface area contributed by atoms with Crippen molar-refractivity contribution < 1.29 is 19.0 Å². The molecule has 120 valence electrons. The first-order valence-corrected chi connectivity index (χ1v) is 8.02. The number of esters is 1. The Morgan fingerprint density at radius 3 is 2.86 bits per heavy atom. The molecule has 0 aromatic heterocycles. The monoisotopic (exact) mass is 304 g/mol. The van der Waals surface area contributed by atoms with E-state index in [1.54, 1.807) is 0 Å². The van der Waals surface area contributed by atoms with Crippen LogP contribution in [0.3, 0.4) is 0 Å². The summed E-state index contributed by atoms with van der Waals surface area (Å²) in [5.41, 5.74) is 0.947. The summed E-state index contributed by atoms with van der Waals surface area (Å²) in [6.07, 6.45) is 3.38. The van der Waals surface area contributed by atoms with Gasteiger partial charge in [0.1, 0.15) is 6.61 Å². The number of benzene rings is 1. The molecule has 4 nitrogen and oxygen atoms in total. The maximum atomic E-state index is 12.6. The molecule has 0 radical (unpaired) electrons. The van der Waals surface area contributed by atoms with E-state index in [0.29, 0.717) is 5.92 Å². The van der Waals surface area contributed by atoms with Gasteiger partial charge in [-0.15, -0.1) is 0 Å². The van der Waals surface area contributed by atoms with Gasteiger partial charge in [0.05, 0.1) is 5.92 Å². The second-order valence-electron chi connectivity index (χ2n) is 7.13. The molecule has 0 bridgehead atoms. The molecule has 2 aliphatic rings. The Morgan fingerprint density at radius 2 is 2.09 bits per heavy atom. The highest BCUT2D eigenvalue weighted by atomic mass is 16.7. The molecule has 3 rings (SSSR count). The van der Waals surface area contributed by atoms with Crippen molar-refractivity contribution in [3.05, 3.63) is 23.8 Å².